The summed E-state index contributed by atoms with van der Waals surface area (Å²) in [6.45, 7) is 10.2. The van der Waals surface area contributed by atoms with E-state index in [2.05, 4.69) is 49.0 Å². The summed E-state index contributed by atoms with van der Waals surface area (Å²) in [4.78, 5) is 2.52. The largest absolute Gasteiger partial charge is 0.394 e. The van der Waals surface area contributed by atoms with Crippen LogP contribution in [0.3, 0.4) is 0 Å². The molecule has 1 aromatic rings. The third-order valence-electron chi connectivity index (χ3n) is 13.7. The molecule has 0 aromatic carbocycles. The van der Waals surface area contributed by atoms with Gasteiger partial charge in [0.1, 0.15) is 24.4 Å². The maximum atomic E-state index is 10.5. The summed E-state index contributed by atoms with van der Waals surface area (Å²) in [5.74, 6) is 2.77. The number of nitrogens with zero attached hydrogens (tertiary/aromatic N) is 4. The van der Waals surface area contributed by atoms with E-state index in [4.69, 9.17) is 9.84 Å². The van der Waals surface area contributed by atoms with Crippen molar-refractivity contribution in [1.82, 2.24) is 19.9 Å². The number of likely N-dealkylation sites (tertiary alicyclic amines) is 1. The summed E-state index contributed by atoms with van der Waals surface area (Å²) in [7, 11) is 0. The van der Waals surface area contributed by atoms with Crippen LogP contribution in [0.25, 0.3) is 0 Å². The zero-order valence-corrected chi connectivity index (χ0v) is 28.4. The van der Waals surface area contributed by atoms with E-state index in [1.807, 2.05) is 0 Å². The average Bonchev–Trinajstić information content (AvgIpc) is 3.73. The molecule has 0 bridgehead atoms. The molecule has 6 N–H and O–H groups in total. The molecule has 2 aliphatic heterocycles. The van der Waals surface area contributed by atoms with E-state index < -0.39 is 31.0 Å². The lowest BCUT2D eigenvalue weighted by Gasteiger charge is -2.49. The molecule has 7 rings (SSSR count). The quantitative estimate of drug-likeness (QED) is 0.228. The normalized spacial score (nSPS) is 42.7. The Hall–Kier alpha value is -1.70. The number of aromatic nitrogens is 3. The Balaban J connectivity index is 1.08. The van der Waals surface area contributed by atoms with Gasteiger partial charge in [-0.3, -0.25) is 4.90 Å². The zero-order chi connectivity index (χ0) is 33.4. The first-order valence-electron chi connectivity index (χ1n) is 18.1. The first-order chi connectivity index (χ1) is 22.4. The van der Waals surface area contributed by atoms with E-state index in [0.29, 0.717) is 36.1 Å². The predicted molar refractivity (Wildman–Crippen MR) is 174 cm³/mol. The van der Waals surface area contributed by atoms with Crippen LogP contribution in [0, 0.1) is 35.0 Å². The van der Waals surface area contributed by atoms with Gasteiger partial charge in [-0.25, -0.2) is 4.68 Å². The lowest BCUT2D eigenvalue weighted by atomic mass is 9.56. The van der Waals surface area contributed by atoms with Crippen molar-refractivity contribution in [2.24, 2.45) is 35.0 Å². The van der Waals surface area contributed by atoms with Gasteiger partial charge in [0.15, 0.2) is 0 Å². The van der Waals surface area contributed by atoms with Crippen molar-refractivity contribution in [3.8, 4) is 0 Å². The Kier molecular flexibility index (Phi) is 9.03. The number of hydrogen-bond donors (Lipinski definition) is 6. The zero-order valence-electron chi connectivity index (χ0n) is 28.4. The molecule has 47 heavy (non-hydrogen) atoms. The second-order valence-electron chi connectivity index (χ2n) is 16.4. The highest BCUT2D eigenvalue weighted by Crippen LogP contribution is 2.65. The van der Waals surface area contributed by atoms with Crippen molar-refractivity contribution in [3.05, 3.63) is 34.7 Å². The SMILES string of the molecule is CC1=C2C[C@H]3C(CC=C4C[C@@H](O)CC[C@@]43C)[C@@H]2CC[C@]12O[C@@H]1C[C@H](C)CN(Cc3cn(CC(O)C(O)C(O)C(O)CO)nn3)[C@H]1[C@H]2C. The molecule has 1 aromatic heterocycles. The minimum atomic E-state index is -1.68. The van der Waals surface area contributed by atoms with Crippen molar-refractivity contribution in [2.45, 2.75) is 140 Å². The van der Waals surface area contributed by atoms with Gasteiger partial charge < -0.3 is 35.4 Å². The molecule has 6 aliphatic rings. The first-order valence-corrected chi connectivity index (χ1v) is 18.1. The second-order valence-corrected chi connectivity index (χ2v) is 16.4. The molecular weight excluding hydrogens is 600 g/mol. The smallest absolute Gasteiger partial charge is 0.111 e. The summed E-state index contributed by atoms with van der Waals surface area (Å²) in [5.41, 5.74) is 5.37. The van der Waals surface area contributed by atoms with Gasteiger partial charge in [0.05, 0.1) is 36.7 Å². The number of aliphatic hydroxyl groups excluding tert-OH is 6. The number of ether oxygens (including phenoxy) is 1. The van der Waals surface area contributed by atoms with E-state index in [-0.39, 0.29) is 35.8 Å². The van der Waals surface area contributed by atoms with Gasteiger partial charge in [0.2, 0.25) is 0 Å². The Morgan fingerprint density at radius 2 is 1.83 bits per heavy atom. The maximum absolute atomic E-state index is 10.5. The molecule has 2 saturated carbocycles. The van der Waals surface area contributed by atoms with Crippen LogP contribution in [-0.2, 0) is 17.8 Å². The van der Waals surface area contributed by atoms with E-state index in [1.165, 1.54) is 22.2 Å². The van der Waals surface area contributed by atoms with Crippen molar-refractivity contribution < 1.29 is 35.4 Å². The summed E-state index contributed by atoms with van der Waals surface area (Å²) < 4.78 is 8.74. The van der Waals surface area contributed by atoms with Gasteiger partial charge >= 0.3 is 0 Å². The highest BCUT2D eigenvalue weighted by atomic mass is 16.5. The van der Waals surface area contributed by atoms with Crippen LogP contribution < -0.4 is 0 Å². The summed E-state index contributed by atoms with van der Waals surface area (Å²) in [6, 6.07) is 0.250. The fourth-order valence-corrected chi connectivity index (χ4v) is 11.2. The number of fused-ring (bicyclic) bond motifs is 6. The van der Waals surface area contributed by atoms with E-state index in [1.54, 1.807) is 11.8 Å². The summed E-state index contributed by atoms with van der Waals surface area (Å²) in [6.07, 6.45) is 6.39. The van der Waals surface area contributed by atoms with Crippen LogP contribution in [0.4, 0.5) is 0 Å². The van der Waals surface area contributed by atoms with Gasteiger partial charge in [0.25, 0.3) is 0 Å². The lowest BCUT2D eigenvalue weighted by molar-refractivity contribution is -0.118. The lowest BCUT2D eigenvalue weighted by Crippen LogP contribution is -2.51. The fourth-order valence-electron chi connectivity index (χ4n) is 11.2. The minimum absolute atomic E-state index is 0.110. The van der Waals surface area contributed by atoms with Crippen LogP contribution in [-0.4, -0.2) is 112 Å². The fraction of sp³-hybridized carbons (Fsp3) is 0.833. The Bertz CT molecular complexity index is 1380. The number of aliphatic hydroxyl groups is 6. The van der Waals surface area contributed by atoms with Gasteiger partial charge in [-0.1, -0.05) is 43.2 Å². The van der Waals surface area contributed by atoms with Crippen molar-refractivity contribution in [2.75, 3.05) is 13.2 Å². The molecule has 5 unspecified atom stereocenters. The second kappa shape index (κ2) is 12.6. The van der Waals surface area contributed by atoms with E-state index in [9.17, 15) is 25.5 Å². The third kappa shape index (κ3) is 5.57. The molecule has 0 radical (unpaired) electrons. The number of piperidine rings is 1. The summed E-state index contributed by atoms with van der Waals surface area (Å²) >= 11 is 0. The number of hydrogen-bond acceptors (Lipinski definition) is 10. The Morgan fingerprint density at radius 1 is 1.06 bits per heavy atom. The molecule has 262 valence electrons. The van der Waals surface area contributed by atoms with Crippen LogP contribution in [0.1, 0.15) is 84.8 Å². The van der Waals surface area contributed by atoms with Gasteiger partial charge in [0, 0.05) is 31.2 Å². The third-order valence-corrected chi connectivity index (χ3v) is 13.7. The van der Waals surface area contributed by atoms with Gasteiger partial charge in [-0.15, -0.1) is 5.10 Å². The molecule has 3 heterocycles. The molecule has 11 heteroatoms. The monoisotopic (exact) mass is 656 g/mol. The molecule has 11 nitrogen and oxygen atoms in total. The van der Waals surface area contributed by atoms with Crippen LogP contribution >= 0.6 is 0 Å². The van der Waals surface area contributed by atoms with E-state index in [0.717, 1.165) is 57.2 Å². The van der Waals surface area contributed by atoms with Gasteiger partial charge in [-0.05, 0) is 93.0 Å². The van der Waals surface area contributed by atoms with Gasteiger partial charge in [-0.2, -0.15) is 0 Å². The predicted octanol–water partition coefficient (Wildman–Crippen LogP) is 1.94. The number of allylic oxidation sites excluding steroid dienone is 2. The standard InChI is InChI=1S/C36H56N4O7/c1-19-11-31-32(39(14-19)15-23-16-40(38-37-23)17-29(43)33(45)34(46)30(44)18-41)21(3)36(47-31)10-8-25-26-6-5-22-12-24(42)7-9-35(22,4)28(26)13-27(25)20(36)2/h5,16,19,21,24-26,28-34,41-46H,6-15,17-18H2,1-4H3/t19-,21+,24-,25-,26?,28-,29?,30?,31+,32-,33?,34?,35-,36-/m0/s1. The highest BCUT2D eigenvalue weighted by Gasteiger charge is 2.61. The minimum Gasteiger partial charge on any atom is -0.394 e. The number of rotatable bonds is 8. The molecule has 4 fully saturated rings. The van der Waals surface area contributed by atoms with Crippen LogP contribution in [0.2, 0.25) is 0 Å². The first kappa shape index (κ1) is 33.8. The Morgan fingerprint density at radius 3 is 2.60 bits per heavy atom. The van der Waals surface area contributed by atoms with Crippen molar-refractivity contribution in [3.63, 3.8) is 0 Å². The van der Waals surface area contributed by atoms with Crippen LogP contribution in [0.15, 0.2) is 29.0 Å². The molecular formula is C36H56N4O7. The van der Waals surface area contributed by atoms with Crippen LogP contribution in [0.5, 0.6) is 0 Å². The molecule has 1 spiro atoms. The molecule has 4 aliphatic carbocycles. The average molecular weight is 657 g/mol. The molecule has 14 atom stereocenters. The highest BCUT2D eigenvalue weighted by molar-refractivity contribution is 5.38. The van der Waals surface area contributed by atoms with Crippen molar-refractivity contribution >= 4 is 0 Å². The topological polar surface area (TPSA) is 165 Å². The van der Waals surface area contributed by atoms with E-state index >= 15 is 0 Å². The summed E-state index contributed by atoms with van der Waals surface area (Å²) in [5, 5.41) is 68.4. The molecule has 2 saturated heterocycles. The van der Waals surface area contributed by atoms with Crippen molar-refractivity contribution in [1.29, 1.82) is 0 Å². The maximum Gasteiger partial charge on any atom is 0.111 e. The molecule has 0 amide bonds. The Labute approximate surface area is 278 Å².